The summed E-state index contributed by atoms with van der Waals surface area (Å²) in [4.78, 5) is 11.0. The number of carbonyl (C=O) groups excluding carboxylic acids is 1. The van der Waals surface area contributed by atoms with Gasteiger partial charge >= 0.3 is 5.97 Å². The highest BCUT2D eigenvalue weighted by atomic mass is 16.5. The Morgan fingerprint density at radius 1 is 1.42 bits per heavy atom. The normalized spacial score (nSPS) is 15.2. The maximum Gasteiger partial charge on any atom is 0.310 e. The van der Waals surface area contributed by atoms with Crippen molar-refractivity contribution < 1.29 is 9.53 Å². The van der Waals surface area contributed by atoms with E-state index in [1.165, 1.54) is 5.56 Å². The number of rotatable bonds is 0. The fraction of sp³-hybridized carbons (Fsp3) is 0.300. The average Bonchev–Trinajstić information content (AvgIpc) is 2.07. The lowest BCUT2D eigenvalue weighted by molar-refractivity contribution is -0.145. The molecule has 2 rings (SSSR count). The van der Waals surface area contributed by atoms with E-state index in [-0.39, 0.29) is 5.97 Å². The Balaban J connectivity index is 2.50. The van der Waals surface area contributed by atoms with E-state index in [9.17, 15) is 4.79 Å². The van der Waals surface area contributed by atoms with Crippen molar-refractivity contribution in [2.45, 2.75) is 20.0 Å². The highest BCUT2D eigenvalue weighted by Crippen LogP contribution is 2.20. The summed E-state index contributed by atoms with van der Waals surface area (Å²) in [5.74, 6) is -0.114. The van der Waals surface area contributed by atoms with Gasteiger partial charge in [-0.15, -0.1) is 0 Å². The largest absolute Gasteiger partial charge is 0.461 e. The first kappa shape index (κ1) is 7.35. The first-order valence-electron chi connectivity index (χ1n) is 4.00. The molecule has 0 aliphatic carbocycles. The topological polar surface area (TPSA) is 26.3 Å². The van der Waals surface area contributed by atoms with Gasteiger partial charge in [0.1, 0.15) is 6.61 Å². The van der Waals surface area contributed by atoms with E-state index in [0.717, 1.165) is 11.1 Å². The van der Waals surface area contributed by atoms with Crippen molar-refractivity contribution in [3.63, 3.8) is 0 Å². The SMILES string of the molecule is Cc1cccc2c1CC(=O)OC2. The highest BCUT2D eigenvalue weighted by Gasteiger charge is 2.17. The summed E-state index contributed by atoms with van der Waals surface area (Å²) < 4.78 is 4.92. The molecule has 12 heavy (non-hydrogen) atoms. The van der Waals surface area contributed by atoms with Crippen molar-refractivity contribution in [3.05, 3.63) is 34.9 Å². The number of aryl methyl sites for hydroxylation is 1. The van der Waals surface area contributed by atoms with Crippen molar-refractivity contribution in [3.8, 4) is 0 Å². The first-order valence-corrected chi connectivity index (χ1v) is 4.00. The molecule has 1 heterocycles. The molecule has 1 aromatic carbocycles. The number of benzene rings is 1. The molecule has 0 saturated carbocycles. The van der Waals surface area contributed by atoms with Crippen LogP contribution < -0.4 is 0 Å². The van der Waals surface area contributed by atoms with Crippen LogP contribution in [0, 0.1) is 6.92 Å². The van der Waals surface area contributed by atoms with E-state index in [1.807, 2.05) is 25.1 Å². The van der Waals surface area contributed by atoms with Gasteiger partial charge in [0.2, 0.25) is 0 Å². The van der Waals surface area contributed by atoms with Gasteiger partial charge in [0.05, 0.1) is 6.42 Å². The van der Waals surface area contributed by atoms with Gasteiger partial charge in [-0.05, 0) is 23.6 Å². The summed E-state index contributed by atoms with van der Waals surface area (Å²) in [6.45, 7) is 2.47. The van der Waals surface area contributed by atoms with Crippen LogP contribution in [0.4, 0.5) is 0 Å². The number of hydrogen-bond acceptors (Lipinski definition) is 2. The predicted octanol–water partition coefficient (Wildman–Crippen LogP) is 1.59. The van der Waals surface area contributed by atoms with Gasteiger partial charge in [-0.1, -0.05) is 18.2 Å². The number of ether oxygens (including phenoxy) is 1. The Morgan fingerprint density at radius 3 is 3.08 bits per heavy atom. The van der Waals surface area contributed by atoms with Gasteiger partial charge < -0.3 is 4.74 Å². The molecule has 2 nitrogen and oxygen atoms in total. The molecule has 62 valence electrons. The van der Waals surface area contributed by atoms with Gasteiger partial charge in [0.25, 0.3) is 0 Å². The summed E-state index contributed by atoms with van der Waals surface area (Å²) in [6.07, 6.45) is 0.433. The number of hydrogen-bond donors (Lipinski definition) is 0. The Labute approximate surface area is 71.2 Å². The molecule has 0 unspecified atom stereocenters. The van der Waals surface area contributed by atoms with E-state index in [4.69, 9.17) is 4.74 Å². The average molecular weight is 162 g/mol. The molecule has 0 amide bonds. The predicted molar refractivity (Wildman–Crippen MR) is 44.7 cm³/mol. The molecule has 0 aromatic heterocycles. The monoisotopic (exact) mass is 162 g/mol. The van der Waals surface area contributed by atoms with Crippen LogP contribution in [0.2, 0.25) is 0 Å². The number of fused-ring (bicyclic) bond motifs is 1. The summed E-state index contributed by atoms with van der Waals surface area (Å²) in [6, 6.07) is 6.03. The molecule has 0 fully saturated rings. The molecule has 1 aromatic rings. The minimum Gasteiger partial charge on any atom is -0.461 e. The lowest BCUT2D eigenvalue weighted by Gasteiger charge is -2.17. The second-order valence-corrected chi connectivity index (χ2v) is 3.05. The fourth-order valence-electron chi connectivity index (χ4n) is 1.50. The van der Waals surface area contributed by atoms with Crippen molar-refractivity contribution in [1.82, 2.24) is 0 Å². The van der Waals surface area contributed by atoms with Gasteiger partial charge in [0.15, 0.2) is 0 Å². The van der Waals surface area contributed by atoms with Crippen molar-refractivity contribution >= 4 is 5.97 Å². The Bertz CT molecular complexity index is 329. The van der Waals surface area contributed by atoms with Crippen molar-refractivity contribution in [2.24, 2.45) is 0 Å². The molecule has 0 saturated heterocycles. The smallest absolute Gasteiger partial charge is 0.310 e. The Kier molecular flexibility index (Phi) is 1.61. The second kappa shape index (κ2) is 2.63. The lowest BCUT2D eigenvalue weighted by atomic mass is 9.98. The minimum absolute atomic E-state index is 0.114. The van der Waals surface area contributed by atoms with E-state index >= 15 is 0 Å². The van der Waals surface area contributed by atoms with Crippen LogP contribution in [0.25, 0.3) is 0 Å². The number of esters is 1. The quantitative estimate of drug-likeness (QED) is 0.541. The first-order chi connectivity index (χ1) is 5.77. The van der Waals surface area contributed by atoms with Crippen LogP contribution in [0.3, 0.4) is 0 Å². The maximum atomic E-state index is 11.0. The van der Waals surface area contributed by atoms with E-state index in [2.05, 4.69) is 0 Å². The third-order valence-electron chi connectivity index (χ3n) is 2.22. The van der Waals surface area contributed by atoms with Crippen LogP contribution in [-0.2, 0) is 22.6 Å². The van der Waals surface area contributed by atoms with Gasteiger partial charge in [-0.2, -0.15) is 0 Å². The summed E-state index contributed by atoms with van der Waals surface area (Å²) >= 11 is 0. The standard InChI is InChI=1S/C10H10O2/c1-7-3-2-4-8-6-12-10(11)5-9(7)8/h2-4H,5-6H2,1H3. The van der Waals surface area contributed by atoms with Crippen LogP contribution >= 0.6 is 0 Å². The number of carbonyl (C=O) groups is 1. The number of cyclic esters (lactones) is 1. The lowest BCUT2D eigenvalue weighted by Crippen LogP contribution is -2.17. The zero-order valence-corrected chi connectivity index (χ0v) is 6.96. The summed E-state index contributed by atoms with van der Waals surface area (Å²) in [5.41, 5.74) is 3.48. The van der Waals surface area contributed by atoms with E-state index < -0.39 is 0 Å². The summed E-state index contributed by atoms with van der Waals surface area (Å²) in [5, 5.41) is 0. The van der Waals surface area contributed by atoms with E-state index in [0.29, 0.717) is 13.0 Å². The summed E-state index contributed by atoms with van der Waals surface area (Å²) in [7, 11) is 0. The molecule has 1 aliphatic heterocycles. The van der Waals surface area contributed by atoms with Crippen LogP contribution in [0.1, 0.15) is 16.7 Å². The van der Waals surface area contributed by atoms with Crippen LogP contribution in [0.5, 0.6) is 0 Å². The molecular weight excluding hydrogens is 152 g/mol. The molecule has 0 radical (unpaired) electrons. The molecule has 0 spiro atoms. The van der Waals surface area contributed by atoms with Crippen molar-refractivity contribution in [1.29, 1.82) is 0 Å². The van der Waals surface area contributed by atoms with Crippen LogP contribution in [0.15, 0.2) is 18.2 Å². The Morgan fingerprint density at radius 2 is 2.25 bits per heavy atom. The third-order valence-corrected chi connectivity index (χ3v) is 2.22. The fourth-order valence-corrected chi connectivity index (χ4v) is 1.50. The molecule has 1 aliphatic rings. The zero-order valence-electron chi connectivity index (χ0n) is 6.96. The highest BCUT2D eigenvalue weighted by molar-refractivity contribution is 5.75. The van der Waals surface area contributed by atoms with Crippen LogP contribution in [-0.4, -0.2) is 5.97 Å². The van der Waals surface area contributed by atoms with Gasteiger partial charge in [-0.3, -0.25) is 4.79 Å². The van der Waals surface area contributed by atoms with Crippen molar-refractivity contribution in [2.75, 3.05) is 0 Å². The Hall–Kier alpha value is -1.31. The zero-order chi connectivity index (χ0) is 8.55. The van der Waals surface area contributed by atoms with Gasteiger partial charge in [0, 0.05) is 0 Å². The molecule has 0 atom stereocenters. The van der Waals surface area contributed by atoms with Gasteiger partial charge in [-0.25, -0.2) is 0 Å². The second-order valence-electron chi connectivity index (χ2n) is 3.05. The molecule has 2 heteroatoms. The minimum atomic E-state index is -0.114. The third kappa shape index (κ3) is 1.09. The molecular formula is C10H10O2. The molecule has 0 bridgehead atoms. The maximum absolute atomic E-state index is 11.0. The molecule has 0 N–H and O–H groups in total. The van der Waals surface area contributed by atoms with E-state index in [1.54, 1.807) is 0 Å².